The highest BCUT2D eigenvalue weighted by Crippen LogP contribution is 2.39. The molecule has 0 amide bonds. The van der Waals surface area contributed by atoms with Gasteiger partial charge in [0, 0.05) is 23.9 Å². The van der Waals surface area contributed by atoms with Crippen molar-refractivity contribution in [1.29, 1.82) is 0 Å². The van der Waals surface area contributed by atoms with E-state index in [1.807, 2.05) is 12.1 Å². The van der Waals surface area contributed by atoms with Gasteiger partial charge in [-0.25, -0.2) is 0 Å². The minimum absolute atomic E-state index is 0.185. The Balaban J connectivity index is 1.72. The molecule has 0 radical (unpaired) electrons. The van der Waals surface area contributed by atoms with Gasteiger partial charge in [0.05, 0.1) is 12.6 Å². The number of nitrogens with zero attached hydrogens (tertiary/aromatic N) is 1. The number of thiophene rings is 1. The van der Waals surface area contributed by atoms with Crippen LogP contribution in [-0.4, -0.2) is 18.6 Å². The molecule has 1 aliphatic heterocycles. The second-order valence-corrected chi connectivity index (χ2v) is 7.34. The molecule has 0 saturated heterocycles. The van der Waals surface area contributed by atoms with Crippen molar-refractivity contribution < 1.29 is 4.74 Å². The zero-order chi connectivity index (χ0) is 16.3. The molecule has 1 atom stereocenters. The van der Waals surface area contributed by atoms with Crippen LogP contribution in [-0.2, 0) is 6.54 Å². The van der Waals surface area contributed by atoms with Gasteiger partial charge in [-0.05, 0) is 31.4 Å². The van der Waals surface area contributed by atoms with E-state index in [0.29, 0.717) is 0 Å². The lowest BCUT2D eigenvalue weighted by molar-refractivity contribution is 0.0694. The number of benzene rings is 1. The van der Waals surface area contributed by atoms with Gasteiger partial charge in [-0.3, -0.25) is 4.99 Å². The van der Waals surface area contributed by atoms with Crippen LogP contribution in [0, 0.1) is 0 Å². The normalized spacial score (nSPS) is 19.6. The fraction of sp³-hybridized carbons (Fsp3) is 0.389. The van der Waals surface area contributed by atoms with Crippen LogP contribution in [0.3, 0.4) is 0 Å². The van der Waals surface area contributed by atoms with Crippen molar-refractivity contribution in [1.82, 2.24) is 10.6 Å². The molecular weight excluding hydrogens is 306 g/mol. The molecule has 5 heteroatoms. The van der Waals surface area contributed by atoms with Gasteiger partial charge in [0.1, 0.15) is 11.4 Å². The molecular formula is C18H23N3OS. The third-order valence-corrected chi connectivity index (χ3v) is 4.80. The minimum atomic E-state index is -0.196. The molecule has 2 heterocycles. The first-order valence-electron chi connectivity index (χ1n) is 7.85. The van der Waals surface area contributed by atoms with Crippen LogP contribution < -0.4 is 15.4 Å². The van der Waals surface area contributed by atoms with E-state index < -0.39 is 0 Å². The Labute approximate surface area is 141 Å². The predicted octanol–water partition coefficient (Wildman–Crippen LogP) is 3.72. The Morgan fingerprint density at radius 1 is 1.30 bits per heavy atom. The molecule has 1 aliphatic rings. The topological polar surface area (TPSA) is 45.7 Å². The summed E-state index contributed by atoms with van der Waals surface area (Å²) in [4.78, 5) is 5.65. The zero-order valence-electron chi connectivity index (χ0n) is 13.8. The highest BCUT2D eigenvalue weighted by Gasteiger charge is 2.33. The first-order valence-corrected chi connectivity index (χ1v) is 8.73. The van der Waals surface area contributed by atoms with Crippen LogP contribution in [0.25, 0.3) is 0 Å². The molecule has 1 aromatic carbocycles. The first-order chi connectivity index (χ1) is 11.1. The molecule has 0 bridgehead atoms. The van der Waals surface area contributed by atoms with Crippen LogP contribution in [0.15, 0.2) is 46.8 Å². The Hall–Kier alpha value is -2.01. The Kier molecular flexibility index (Phi) is 4.57. The van der Waals surface area contributed by atoms with Gasteiger partial charge in [-0.15, -0.1) is 11.3 Å². The minimum Gasteiger partial charge on any atom is -0.487 e. The lowest BCUT2D eigenvalue weighted by atomic mass is 9.90. The lowest BCUT2D eigenvalue weighted by Gasteiger charge is -2.38. The highest BCUT2D eigenvalue weighted by atomic mass is 32.1. The number of para-hydroxylation sites is 1. The van der Waals surface area contributed by atoms with Gasteiger partial charge in [0.2, 0.25) is 0 Å². The molecule has 1 aromatic heterocycles. The first kappa shape index (κ1) is 15.9. The Morgan fingerprint density at radius 2 is 2.13 bits per heavy atom. The number of hydrogen-bond donors (Lipinski definition) is 2. The quantitative estimate of drug-likeness (QED) is 0.666. The number of hydrogen-bond acceptors (Lipinski definition) is 3. The van der Waals surface area contributed by atoms with Gasteiger partial charge >= 0.3 is 0 Å². The summed E-state index contributed by atoms with van der Waals surface area (Å²) in [6, 6.07) is 12.6. The molecule has 4 nitrogen and oxygen atoms in total. The van der Waals surface area contributed by atoms with E-state index in [2.05, 4.69) is 59.1 Å². The van der Waals surface area contributed by atoms with E-state index in [1.54, 1.807) is 18.4 Å². The molecule has 122 valence electrons. The second kappa shape index (κ2) is 6.62. The monoisotopic (exact) mass is 329 g/mol. The summed E-state index contributed by atoms with van der Waals surface area (Å²) in [7, 11) is 1.81. The average Bonchev–Trinajstić information content (AvgIpc) is 3.03. The van der Waals surface area contributed by atoms with Crippen molar-refractivity contribution >= 4 is 17.3 Å². The molecule has 23 heavy (non-hydrogen) atoms. The van der Waals surface area contributed by atoms with Crippen LogP contribution in [0.5, 0.6) is 5.75 Å². The molecule has 0 aliphatic carbocycles. The number of nitrogens with one attached hydrogen (secondary N) is 2. The molecule has 0 fully saturated rings. The molecule has 2 N–H and O–H groups in total. The van der Waals surface area contributed by atoms with Gasteiger partial charge in [0.25, 0.3) is 0 Å². The third-order valence-electron chi connectivity index (χ3n) is 3.92. The maximum absolute atomic E-state index is 6.08. The fourth-order valence-electron chi connectivity index (χ4n) is 2.87. The van der Waals surface area contributed by atoms with Crippen LogP contribution >= 0.6 is 11.3 Å². The fourth-order valence-corrected chi connectivity index (χ4v) is 3.52. The highest BCUT2D eigenvalue weighted by molar-refractivity contribution is 7.09. The lowest BCUT2D eigenvalue weighted by Crippen LogP contribution is -2.45. The summed E-state index contributed by atoms with van der Waals surface area (Å²) < 4.78 is 6.08. The summed E-state index contributed by atoms with van der Waals surface area (Å²) >= 11 is 1.74. The number of guanidine groups is 1. The number of ether oxygens (including phenoxy) is 1. The van der Waals surface area contributed by atoms with Crippen molar-refractivity contribution in [2.45, 2.75) is 38.5 Å². The standard InChI is InChI=1S/C18H23N3OS/c1-18(2)11-15(14-8-4-5-9-16(14)22-18)21-17(19-3)20-12-13-7-6-10-23-13/h4-10,15H,11-12H2,1-3H3,(H2,19,20,21). The van der Waals surface area contributed by atoms with Crippen molar-refractivity contribution in [2.75, 3.05) is 7.05 Å². The molecule has 1 unspecified atom stereocenters. The predicted molar refractivity (Wildman–Crippen MR) is 96.2 cm³/mol. The summed E-state index contributed by atoms with van der Waals surface area (Å²) in [5.74, 6) is 1.77. The van der Waals surface area contributed by atoms with E-state index >= 15 is 0 Å². The van der Waals surface area contributed by atoms with Crippen molar-refractivity contribution in [2.24, 2.45) is 4.99 Å². The SMILES string of the molecule is CN=C(NCc1cccs1)NC1CC(C)(C)Oc2ccccc21. The molecule has 3 rings (SSSR count). The van der Waals surface area contributed by atoms with E-state index in [-0.39, 0.29) is 11.6 Å². The maximum Gasteiger partial charge on any atom is 0.191 e. The van der Waals surface area contributed by atoms with E-state index in [4.69, 9.17) is 4.74 Å². The summed E-state index contributed by atoms with van der Waals surface area (Å²) in [6.07, 6.45) is 0.893. The van der Waals surface area contributed by atoms with E-state index in [9.17, 15) is 0 Å². The molecule has 0 saturated carbocycles. The number of aliphatic imine (C=N–C) groups is 1. The maximum atomic E-state index is 6.08. The Bertz CT molecular complexity index is 679. The zero-order valence-corrected chi connectivity index (χ0v) is 14.6. The second-order valence-electron chi connectivity index (χ2n) is 6.31. The number of fused-ring (bicyclic) bond motifs is 1. The van der Waals surface area contributed by atoms with Crippen LogP contribution in [0.2, 0.25) is 0 Å². The van der Waals surface area contributed by atoms with Gasteiger partial charge in [-0.1, -0.05) is 24.3 Å². The van der Waals surface area contributed by atoms with Crippen molar-refractivity contribution in [3.8, 4) is 5.75 Å². The Morgan fingerprint density at radius 3 is 2.87 bits per heavy atom. The van der Waals surface area contributed by atoms with Crippen LogP contribution in [0.4, 0.5) is 0 Å². The third kappa shape index (κ3) is 3.85. The van der Waals surface area contributed by atoms with Crippen molar-refractivity contribution in [3.63, 3.8) is 0 Å². The molecule has 2 aromatic rings. The molecule has 0 spiro atoms. The summed E-state index contributed by atoms with van der Waals surface area (Å²) in [5, 5.41) is 9.02. The van der Waals surface area contributed by atoms with Gasteiger partial charge in [0.15, 0.2) is 5.96 Å². The smallest absolute Gasteiger partial charge is 0.191 e. The largest absolute Gasteiger partial charge is 0.487 e. The van der Waals surface area contributed by atoms with Crippen LogP contribution in [0.1, 0.15) is 36.8 Å². The van der Waals surface area contributed by atoms with Crippen molar-refractivity contribution in [3.05, 3.63) is 52.2 Å². The van der Waals surface area contributed by atoms with Gasteiger partial charge in [-0.2, -0.15) is 0 Å². The number of rotatable bonds is 3. The van der Waals surface area contributed by atoms with E-state index in [1.165, 1.54) is 10.4 Å². The summed E-state index contributed by atoms with van der Waals surface area (Å²) in [5.41, 5.74) is 0.990. The summed E-state index contributed by atoms with van der Waals surface area (Å²) in [6.45, 7) is 5.03. The van der Waals surface area contributed by atoms with Gasteiger partial charge < -0.3 is 15.4 Å². The average molecular weight is 329 g/mol. The van der Waals surface area contributed by atoms with E-state index in [0.717, 1.165) is 24.7 Å².